The Kier molecular flexibility index (Phi) is 4.49. The molecule has 4 nitrogen and oxygen atoms in total. The van der Waals surface area contributed by atoms with E-state index in [0.717, 1.165) is 6.54 Å². The van der Waals surface area contributed by atoms with Crippen molar-refractivity contribution in [3.63, 3.8) is 0 Å². The molecule has 94 valence electrons. The topological polar surface area (TPSA) is 53.4 Å². The zero-order valence-electron chi connectivity index (χ0n) is 10.8. The molecule has 0 saturated carbocycles. The highest BCUT2D eigenvalue weighted by atomic mass is 16.4. The van der Waals surface area contributed by atoms with Gasteiger partial charge in [-0.15, -0.1) is 0 Å². The fraction of sp³-hybridized carbons (Fsp3) is 0.538. The molecule has 0 saturated heterocycles. The Morgan fingerprint density at radius 1 is 1.41 bits per heavy atom. The minimum absolute atomic E-state index is 0.127. The van der Waals surface area contributed by atoms with Crippen LogP contribution in [0, 0.1) is 5.92 Å². The van der Waals surface area contributed by atoms with Gasteiger partial charge in [0.05, 0.1) is 5.69 Å². The third-order valence-corrected chi connectivity index (χ3v) is 2.48. The van der Waals surface area contributed by atoms with Crippen LogP contribution in [0.15, 0.2) is 18.3 Å². The molecule has 17 heavy (non-hydrogen) atoms. The first-order valence-electron chi connectivity index (χ1n) is 5.88. The maximum Gasteiger partial charge on any atom is 0.356 e. The van der Waals surface area contributed by atoms with Crippen LogP contribution in [0.1, 0.15) is 38.2 Å². The molecule has 0 atom stereocenters. The Morgan fingerprint density at radius 3 is 2.53 bits per heavy atom. The van der Waals surface area contributed by atoms with Crippen LogP contribution in [-0.4, -0.2) is 28.6 Å². The first-order chi connectivity index (χ1) is 7.93. The van der Waals surface area contributed by atoms with E-state index in [9.17, 15) is 4.79 Å². The first kappa shape index (κ1) is 13.5. The van der Waals surface area contributed by atoms with Crippen molar-refractivity contribution in [3.05, 3.63) is 24.0 Å². The highest BCUT2D eigenvalue weighted by Gasteiger charge is 2.19. The molecule has 0 aromatic carbocycles. The molecular formula is C13H20N2O2. The number of aromatic nitrogens is 1. The van der Waals surface area contributed by atoms with Crippen LogP contribution in [0.25, 0.3) is 0 Å². The smallest absolute Gasteiger partial charge is 0.356 e. The molecule has 0 fully saturated rings. The van der Waals surface area contributed by atoms with E-state index < -0.39 is 5.97 Å². The third-order valence-electron chi connectivity index (χ3n) is 2.48. The van der Waals surface area contributed by atoms with Gasteiger partial charge in [0.1, 0.15) is 0 Å². The van der Waals surface area contributed by atoms with E-state index in [-0.39, 0.29) is 11.7 Å². The van der Waals surface area contributed by atoms with E-state index in [4.69, 9.17) is 5.11 Å². The summed E-state index contributed by atoms with van der Waals surface area (Å²) in [4.78, 5) is 17.2. The van der Waals surface area contributed by atoms with Gasteiger partial charge in [-0.05, 0) is 31.9 Å². The first-order valence-corrected chi connectivity index (χ1v) is 5.88. The molecule has 0 spiro atoms. The standard InChI is InChI=1S/C13H20N2O2/c1-9(2)8-15(10(3)4)11-6-5-7-14-12(11)13(16)17/h5-7,9-10H,8H2,1-4H3,(H,16,17). The van der Waals surface area contributed by atoms with Crippen molar-refractivity contribution < 1.29 is 9.90 Å². The quantitative estimate of drug-likeness (QED) is 0.854. The van der Waals surface area contributed by atoms with Crippen LogP contribution in [0.2, 0.25) is 0 Å². The summed E-state index contributed by atoms with van der Waals surface area (Å²) < 4.78 is 0. The van der Waals surface area contributed by atoms with Gasteiger partial charge in [0.25, 0.3) is 0 Å². The Morgan fingerprint density at radius 2 is 2.06 bits per heavy atom. The highest BCUT2D eigenvalue weighted by Crippen LogP contribution is 2.21. The third kappa shape index (κ3) is 3.44. The van der Waals surface area contributed by atoms with Crippen LogP contribution in [0.5, 0.6) is 0 Å². The molecule has 0 radical (unpaired) electrons. The van der Waals surface area contributed by atoms with Gasteiger partial charge in [-0.2, -0.15) is 0 Å². The molecule has 1 rings (SSSR count). The van der Waals surface area contributed by atoms with Crippen molar-refractivity contribution in [1.29, 1.82) is 0 Å². The second-order valence-electron chi connectivity index (χ2n) is 4.82. The molecule has 1 heterocycles. The summed E-state index contributed by atoms with van der Waals surface area (Å²) in [6.07, 6.45) is 1.51. The zero-order valence-corrected chi connectivity index (χ0v) is 10.8. The molecule has 1 aromatic rings. The number of rotatable bonds is 5. The average molecular weight is 236 g/mol. The lowest BCUT2D eigenvalue weighted by molar-refractivity contribution is 0.0691. The number of pyridine rings is 1. The number of aromatic carboxylic acids is 1. The van der Waals surface area contributed by atoms with E-state index >= 15 is 0 Å². The molecule has 1 N–H and O–H groups in total. The van der Waals surface area contributed by atoms with Crippen molar-refractivity contribution in [2.75, 3.05) is 11.4 Å². The fourth-order valence-corrected chi connectivity index (χ4v) is 1.77. The number of carboxylic acid groups (broad SMARTS) is 1. The molecule has 0 amide bonds. The second kappa shape index (κ2) is 5.66. The van der Waals surface area contributed by atoms with E-state index in [1.54, 1.807) is 6.07 Å². The van der Waals surface area contributed by atoms with Crippen LogP contribution in [0.3, 0.4) is 0 Å². The Bertz CT molecular complexity index is 389. The Balaban J connectivity index is 3.13. The second-order valence-corrected chi connectivity index (χ2v) is 4.82. The van der Waals surface area contributed by atoms with Gasteiger partial charge in [0.15, 0.2) is 5.69 Å². The zero-order chi connectivity index (χ0) is 13.0. The summed E-state index contributed by atoms with van der Waals surface area (Å²) in [6.45, 7) is 9.17. The minimum Gasteiger partial charge on any atom is -0.476 e. The largest absolute Gasteiger partial charge is 0.476 e. The van der Waals surface area contributed by atoms with Gasteiger partial charge in [0, 0.05) is 18.8 Å². The van der Waals surface area contributed by atoms with Gasteiger partial charge in [-0.1, -0.05) is 13.8 Å². The summed E-state index contributed by atoms with van der Waals surface area (Å²) in [5.41, 5.74) is 0.825. The van der Waals surface area contributed by atoms with E-state index in [0.29, 0.717) is 11.6 Å². The van der Waals surface area contributed by atoms with Gasteiger partial charge in [-0.3, -0.25) is 0 Å². The maximum atomic E-state index is 11.1. The average Bonchev–Trinajstić information content (AvgIpc) is 2.25. The predicted molar refractivity (Wildman–Crippen MR) is 68.5 cm³/mol. The Hall–Kier alpha value is -1.58. The number of carboxylic acids is 1. The van der Waals surface area contributed by atoms with Crippen molar-refractivity contribution in [1.82, 2.24) is 4.98 Å². The number of anilines is 1. The molecule has 1 aromatic heterocycles. The van der Waals surface area contributed by atoms with Gasteiger partial charge in [-0.25, -0.2) is 9.78 Å². The highest BCUT2D eigenvalue weighted by molar-refractivity contribution is 5.92. The summed E-state index contributed by atoms with van der Waals surface area (Å²) in [5.74, 6) is -0.505. The SMILES string of the molecule is CC(C)CN(c1cccnc1C(=O)O)C(C)C. The monoisotopic (exact) mass is 236 g/mol. The minimum atomic E-state index is -0.977. The van der Waals surface area contributed by atoms with Gasteiger partial charge < -0.3 is 10.0 Å². The molecule has 0 bridgehead atoms. The van der Waals surface area contributed by atoms with Crippen LogP contribution in [-0.2, 0) is 0 Å². The van der Waals surface area contributed by atoms with E-state index in [1.807, 2.05) is 6.07 Å². The van der Waals surface area contributed by atoms with Crippen LogP contribution in [0.4, 0.5) is 5.69 Å². The lowest BCUT2D eigenvalue weighted by Crippen LogP contribution is -2.35. The molecular weight excluding hydrogens is 216 g/mol. The van der Waals surface area contributed by atoms with Gasteiger partial charge >= 0.3 is 5.97 Å². The van der Waals surface area contributed by atoms with E-state index in [2.05, 4.69) is 37.6 Å². The summed E-state index contributed by atoms with van der Waals surface area (Å²) in [5, 5.41) is 9.14. The molecule has 0 aliphatic carbocycles. The molecule has 0 aliphatic rings. The summed E-state index contributed by atoms with van der Waals surface area (Å²) in [6, 6.07) is 3.84. The normalized spacial score (nSPS) is 10.9. The van der Waals surface area contributed by atoms with Crippen molar-refractivity contribution in [2.45, 2.75) is 33.7 Å². The van der Waals surface area contributed by atoms with Crippen LogP contribution >= 0.6 is 0 Å². The van der Waals surface area contributed by atoms with Crippen molar-refractivity contribution in [2.24, 2.45) is 5.92 Å². The lowest BCUT2D eigenvalue weighted by Gasteiger charge is -2.31. The lowest BCUT2D eigenvalue weighted by atomic mass is 10.1. The number of hydrogen-bond acceptors (Lipinski definition) is 3. The van der Waals surface area contributed by atoms with Crippen LogP contribution < -0.4 is 4.90 Å². The van der Waals surface area contributed by atoms with Crippen molar-refractivity contribution in [3.8, 4) is 0 Å². The van der Waals surface area contributed by atoms with Crippen molar-refractivity contribution >= 4 is 11.7 Å². The summed E-state index contributed by atoms with van der Waals surface area (Å²) in [7, 11) is 0. The fourth-order valence-electron chi connectivity index (χ4n) is 1.77. The number of nitrogens with zero attached hydrogens (tertiary/aromatic N) is 2. The van der Waals surface area contributed by atoms with E-state index in [1.165, 1.54) is 6.20 Å². The Labute approximate surface area is 102 Å². The predicted octanol–water partition coefficient (Wildman–Crippen LogP) is 2.65. The molecule has 4 heteroatoms. The summed E-state index contributed by atoms with van der Waals surface area (Å²) >= 11 is 0. The molecule has 0 unspecified atom stereocenters. The molecule has 0 aliphatic heterocycles. The maximum absolute atomic E-state index is 11.1. The number of hydrogen-bond donors (Lipinski definition) is 1. The number of carbonyl (C=O) groups is 1. The van der Waals surface area contributed by atoms with Gasteiger partial charge in [0.2, 0.25) is 0 Å².